The molecule has 0 aromatic carbocycles. The first-order valence-corrected chi connectivity index (χ1v) is 6.04. The van der Waals surface area contributed by atoms with Gasteiger partial charge in [-0.2, -0.15) is 4.98 Å². The number of oxazole rings is 1. The summed E-state index contributed by atoms with van der Waals surface area (Å²) in [6.07, 6.45) is 0. The highest BCUT2D eigenvalue weighted by Gasteiger charge is 2.28. The lowest BCUT2D eigenvalue weighted by Gasteiger charge is -1.96. The maximum absolute atomic E-state index is 11.5. The third-order valence-electron chi connectivity index (χ3n) is 2.21. The molecular formula is C11H10N2O5S. The lowest BCUT2D eigenvalue weighted by atomic mass is 10.3. The quantitative estimate of drug-likeness (QED) is 0.791. The zero-order chi connectivity index (χ0) is 14.0. The number of rotatable bonds is 3. The average molecular weight is 282 g/mol. The van der Waals surface area contributed by atoms with Crippen LogP contribution in [0.5, 0.6) is 0 Å². The van der Waals surface area contributed by atoms with Gasteiger partial charge in [-0.25, -0.2) is 14.6 Å². The third-order valence-corrected chi connectivity index (χ3v) is 2.99. The first-order valence-electron chi connectivity index (χ1n) is 5.16. The first-order chi connectivity index (χ1) is 9.06. The van der Waals surface area contributed by atoms with E-state index in [9.17, 15) is 9.59 Å². The Bertz CT molecular complexity index is 597. The van der Waals surface area contributed by atoms with E-state index in [-0.39, 0.29) is 17.3 Å². The van der Waals surface area contributed by atoms with Crippen molar-refractivity contribution in [3.8, 4) is 11.6 Å². The number of carbonyl (C=O) groups excluding carboxylic acids is 2. The van der Waals surface area contributed by atoms with Gasteiger partial charge in [0.25, 0.3) is 0 Å². The molecule has 2 aromatic rings. The van der Waals surface area contributed by atoms with Crippen molar-refractivity contribution in [2.24, 2.45) is 0 Å². The van der Waals surface area contributed by atoms with Crippen LogP contribution in [-0.2, 0) is 9.47 Å². The summed E-state index contributed by atoms with van der Waals surface area (Å²) >= 11 is 1.40. The van der Waals surface area contributed by atoms with E-state index in [0.29, 0.717) is 5.69 Å². The molecule has 0 amide bonds. The molecule has 0 saturated heterocycles. The first kappa shape index (κ1) is 13.2. The van der Waals surface area contributed by atoms with Crippen molar-refractivity contribution < 1.29 is 23.5 Å². The molecule has 2 rings (SSSR count). The summed E-state index contributed by atoms with van der Waals surface area (Å²) in [5.41, 5.74) is 0.220. The number of ether oxygens (including phenoxy) is 2. The van der Waals surface area contributed by atoms with Crippen LogP contribution in [-0.4, -0.2) is 36.1 Å². The molecule has 0 saturated carbocycles. The molecule has 0 aliphatic heterocycles. The van der Waals surface area contributed by atoms with Crippen LogP contribution in [0.15, 0.2) is 9.80 Å². The molecule has 2 heterocycles. The van der Waals surface area contributed by atoms with Crippen LogP contribution >= 0.6 is 11.3 Å². The second-order valence-electron chi connectivity index (χ2n) is 3.43. The van der Waals surface area contributed by atoms with Gasteiger partial charge in [0, 0.05) is 5.38 Å². The van der Waals surface area contributed by atoms with Crippen molar-refractivity contribution in [1.29, 1.82) is 0 Å². The normalized spacial score (nSPS) is 10.3. The predicted octanol–water partition coefficient (Wildman–Crippen LogP) is 1.68. The van der Waals surface area contributed by atoms with Crippen LogP contribution in [0.1, 0.15) is 26.1 Å². The van der Waals surface area contributed by atoms with Gasteiger partial charge in [-0.05, 0) is 6.92 Å². The number of nitrogens with zero attached hydrogens (tertiary/aromatic N) is 2. The summed E-state index contributed by atoms with van der Waals surface area (Å²) in [6, 6.07) is 0. The van der Waals surface area contributed by atoms with Crippen molar-refractivity contribution in [1.82, 2.24) is 9.97 Å². The van der Waals surface area contributed by atoms with Crippen LogP contribution < -0.4 is 0 Å². The number of aryl methyl sites for hydroxylation is 1. The van der Waals surface area contributed by atoms with Crippen molar-refractivity contribution in [2.45, 2.75) is 6.92 Å². The number of carbonyl (C=O) groups is 2. The Balaban J connectivity index is 2.51. The predicted molar refractivity (Wildman–Crippen MR) is 65.0 cm³/mol. The number of methoxy groups -OCH3 is 2. The van der Waals surface area contributed by atoms with Gasteiger partial charge >= 0.3 is 11.9 Å². The van der Waals surface area contributed by atoms with Crippen LogP contribution in [0.2, 0.25) is 0 Å². The van der Waals surface area contributed by atoms with E-state index in [0.717, 1.165) is 5.01 Å². The van der Waals surface area contributed by atoms with E-state index >= 15 is 0 Å². The molecule has 0 spiro atoms. The fourth-order valence-electron chi connectivity index (χ4n) is 1.36. The van der Waals surface area contributed by atoms with E-state index in [1.165, 1.54) is 25.6 Å². The van der Waals surface area contributed by atoms with Crippen molar-refractivity contribution >= 4 is 23.3 Å². The third kappa shape index (κ3) is 2.48. The molecule has 0 N–H and O–H groups in total. The van der Waals surface area contributed by atoms with E-state index in [4.69, 9.17) is 4.42 Å². The Morgan fingerprint density at radius 2 is 1.89 bits per heavy atom. The number of hydrogen-bond acceptors (Lipinski definition) is 8. The van der Waals surface area contributed by atoms with Gasteiger partial charge in [-0.15, -0.1) is 11.3 Å². The molecule has 100 valence electrons. The molecule has 2 aromatic heterocycles. The zero-order valence-corrected chi connectivity index (χ0v) is 11.2. The Kier molecular flexibility index (Phi) is 3.61. The van der Waals surface area contributed by atoms with Gasteiger partial charge in [-0.1, -0.05) is 0 Å². The van der Waals surface area contributed by atoms with Crippen LogP contribution in [0.25, 0.3) is 11.6 Å². The number of thiazole rings is 1. The summed E-state index contributed by atoms with van der Waals surface area (Å²) in [7, 11) is 2.36. The van der Waals surface area contributed by atoms with Gasteiger partial charge in [0.2, 0.25) is 17.3 Å². The molecule has 0 aliphatic rings. The van der Waals surface area contributed by atoms with E-state index in [1.54, 1.807) is 5.38 Å². The average Bonchev–Trinajstić information content (AvgIpc) is 3.02. The summed E-state index contributed by atoms with van der Waals surface area (Å²) in [5.74, 6) is -1.80. The van der Waals surface area contributed by atoms with Gasteiger partial charge in [0.15, 0.2) is 0 Å². The highest BCUT2D eigenvalue weighted by atomic mass is 32.1. The highest BCUT2D eigenvalue weighted by molar-refractivity contribution is 7.09. The molecule has 0 atom stereocenters. The lowest BCUT2D eigenvalue weighted by molar-refractivity contribution is 0.0527. The largest absolute Gasteiger partial charge is 0.464 e. The Labute approximate surface area is 112 Å². The molecule has 7 nitrogen and oxygen atoms in total. The minimum Gasteiger partial charge on any atom is -0.464 e. The number of esters is 2. The standard InChI is InChI=1S/C11H10N2O5S/c1-5-12-6(4-19-5)9-13-7(10(14)16-2)8(18-9)11(15)17-3/h4H,1-3H3. The molecule has 0 bridgehead atoms. The fraction of sp³-hybridized carbons (Fsp3) is 0.273. The van der Waals surface area contributed by atoms with Gasteiger partial charge in [0.1, 0.15) is 5.69 Å². The molecule has 8 heteroatoms. The minimum atomic E-state index is -0.800. The van der Waals surface area contributed by atoms with Crippen LogP contribution in [0, 0.1) is 6.92 Å². The second kappa shape index (κ2) is 5.19. The topological polar surface area (TPSA) is 91.5 Å². The van der Waals surface area contributed by atoms with Crippen molar-refractivity contribution in [3.63, 3.8) is 0 Å². The van der Waals surface area contributed by atoms with Gasteiger partial charge in [-0.3, -0.25) is 0 Å². The summed E-state index contributed by atoms with van der Waals surface area (Å²) in [5, 5.41) is 2.52. The zero-order valence-electron chi connectivity index (χ0n) is 10.4. The van der Waals surface area contributed by atoms with E-state index in [2.05, 4.69) is 19.4 Å². The summed E-state index contributed by atoms with van der Waals surface area (Å²) in [4.78, 5) is 31.2. The maximum atomic E-state index is 11.5. The van der Waals surface area contributed by atoms with Gasteiger partial charge < -0.3 is 13.9 Å². The fourth-order valence-corrected chi connectivity index (χ4v) is 1.94. The van der Waals surface area contributed by atoms with Crippen molar-refractivity contribution in [3.05, 3.63) is 21.8 Å². The highest BCUT2D eigenvalue weighted by Crippen LogP contribution is 2.24. The van der Waals surface area contributed by atoms with E-state index in [1.807, 2.05) is 6.92 Å². The summed E-state index contributed by atoms with van der Waals surface area (Å²) < 4.78 is 14.3. The molecule has 0 unspecified atom stereocenters. The van der Waals surface area contributed by atoms with Crippen molar-refractivity contribution in [2.75, 3.05) is 14.2 Å². The lowest BCUT2D eigenvalue weighted by Crippen LogP contribution is -2.10. The summed E-state index contributed by atoms with van der Waals surface area (Å²) in [6.45, 7) is 1.82. The molecule has 0 fully saturated rings. The van der Waals surface area contributed by atoms with E-state index < -0.39 is 11.9 Å². The number of aromatic nitrogens is 2. The number of hydrogen-bond donors (Lipinski definition) is 0. The maximum Gasteiger partial charge on any atom is 0.376 e. The monoisotopic (exact) mass is 282 g/mol. The Morgan fingerprint density at radius 3 is 2.42 bits per heavy atom. The molecule has 0 radical (unpaired) electrons. The molecule has 0 aliphatic carbocycles. The Morgan fingerprint density at radius 1 is 1.21 bits per heavy atom. The van der Waals surface area contributed by atoms with Crippen LogP contribution in [0.4, 0.5) is 0 Å². The molecular weight excluding hydrogens is 272 g/mol. The Hall–Kier alpha value is -2.22. The smallest absolute Gasteiger partial charge is 0.376 e. The SMILES string of the molecule is COC(=O)c1nc(-c2csc(C)n2)oc1C(=O)OC. The molecule has 19 heavy (non-hydrogen) atoms. The second-order valence-corrected chi connectivity index (χ2v) is 4.49. The van der Waals surface area contributed by atoms with Gasteiger partial charge in [0.05, 0.1) is 19.2 Å². The van der Waals surface area contributed by atoms with Crippen LogP contribution in [0.3, 0.4) is 0 Å². The minimum absolute atomic E-state index is 0.0742.